The first kappa shape index (κ1) is 17.6. The lowest BCUT2D eigenvalue weighted by molar-refractivity contribution is -0.119. The third-order valence-corrected chi connectivity index (χ3v) is 3.61. The van der Waals surface area contributed by atoms with E-state index in [1.165, 1.54) is 0 Å². The van der Waals surface area contributed by atoms with Crippen LogP contribution in [-0.2, 0) is 11.3 Å². The highest BCUT2D eigenvalue weighted by molar-refractivity contribution is 5.74. The molecule has 2 rings (SSSR count). The summed E-state index contributed by atoms with van der Waals surface area (Å²) >= 11 is 0. The van der Waals surface area contributed by atoms with Gasteiger partial charge in [0.2, 0.25) is 17.8 Å². The van der Waals surface area contributed by atoms with Gasteiger partial charge in [0.15, 0.2) is 0 Å². The zero-order valence-electron chi connectivity index (χ0n) is 14.2. The number of nitrogens with zero attached hydrogens (tertiary/aromatic N) is 4. The number of nitrogen functional groups attached to an aromatic ring is 1. The van der Waals surface area contributed by atoms with E-state index in [0.29, 0.717) is 18.3 Å². The summed E-state index contributed by atoms with van der Waals surface area (Å²) < 4.78 is 0. The van der Waals surface area contributed by atoms with Crippen LogP contribution >= 0.6 is 0 Å². The number of primary amides is 1. The molecule has 0 fully saturated rings. The number of hydrogen-bond acceptors (Lipinski definition) is 7. The average molecular weight is 329 g/mol. The maximum absolute atomic E-state index is 11.0. The lowest BCUT2D eigenvalue weighted by atomic mass is 10.2. The van der Waals surface area contributed by atoms with Crippen molar-refractivity contribution in [1.29, 1.82) is 0 Å². The van der Waals surface area contributed by atoms with Gasteiger partial charge in [0.25, 0.3) is 0 Å². The average Bonchev–Trinajstić information content (AvgIpc) is 2.45. The molecule has 1 unspecified atom stereocenters. The molecular formula is C16H23N7O. The molecule has 1 atom stereocenters. The fourth-order valence-corrected chi connectivity index (χ4v) is 2.24. The van der Waals surface area contributed by atoms with Crippen LogP contribution in [0.1, 0.15) is 24.7 Å². The molecule has 0 aliphatic heterocycles. The van der Waals surface area contributed by atoms with E-state index < -0.39 is 0 Å². The van der Waals surface area contributed by atoms with E-state index in [4.69, 9.17) is 11.5 Å². The van der Waals surface area contributed by atoms with Crippen molar-refractivity contribution in [3.05, 3.63) is 35.7 Å². The van der Waals surface area contributed by atoms with Gasteiger partial charge >= 0.3 is 0 Å². The van der Waals surface area contributed by atoms with Crippen LogP contribution in [0, 0.1) is 6.92 Å². The molecule has 5 N–H and O–H groups in total. The first-order chi connectivity index (χ1) is 11.3. The van der Waals surface area contributed by atoms with Crippen molar-refractivity contribution >= 4 is 23.5 Å². The van der Waals surface area contributed by atoms with Gasteiger partial charge in [0.1, 0.15) is 5.82 Å². The van der Waals surface area contributed by atoms with Crippen LogP contribution in [0.3, 0.4) is 0 Å². The summed E-state index contributed by atoms with van der Waals surface area (Å²) in [4.78, 5) is 25.6. The Morgan fingerprint density at radius 3 is 2.75 bits per heavy atom. The molecule has 2 aromatic rings. The van der Waals surface area contributed by atoms with Crippen molar-refractivity contribution < 1.29 is 4.79 Å². The van der Waals surface area contributed by atoms with Crippen LogP contribution in [-0.4, -0.2) is 38.8 Å². The molecule has 8 heteroatoms. The topological polar surface area (TPSA) is 123 Å². The number of carbonyl (C=O) groups is 1. The number of benzene rings is 1. The summed E-state index contributed by atoms with van der Waals surface area (Å²) in [5, 5.41) is 3.13. The smallest absolute Gasteiger partial charge is 0.232 e. The van der Waals surface area contributed by atoms with Crippen LogP contribution < -0.4 is 16.8 Å². The molecule has 0 bridgehead atoms. The number of amides is 1. The Morgan fingerprint density at radius 1 is 1.33 bits per heavy atom. The Morgan fingerprint density at radius 2 is 2.08 bits per heavy atom. The molecule has 1 amide bonds. The fourth-order valence-electron chi connectivity index (χ4n) is 2.24. The monoisotopic (exact) mass is 329 g/mol. The van der Waals surface area contributed by atoms with Gasteiger partial charge in [0, 0.05) is 18.2 Å². The van der Waals surface area contributed by atoms with Gasteiger partial charge in [-0.15, -0.1) is 0 Å². The van der Waals surface area contributed by atoms with E-state index in [0.717, 1.165) is 11.3 Å². The number of aryl methyl sites for hydroxylation is 1. The van der Waals surface area contributed by atoms with Crippen LogP contribution in [0.5, 0.6) is 0 Å². The third kappa shape index (κ3) is 5.17. The number of nitrogens with one attached hydrogen (secondary N) is 1. The van der Waals surface area contributed by atoms with E-state index in [1.54, 1.807) is 0 Å². The molecule has 0 saturated carbocycles. The normalized spacial score (nSPS) is 12.2. The minimum atomic E-state index is -0.341. The van der Waals surface area contributed by atoms with Crippen LogP contribution in [0.4, 0.5) is 17.6 Å². The zero-order valence-corrected chi connectivity index (χ0v) is 14.2. The number of carbonyl (C=O) groups excluding carboxylic acids is 1. The summed E-state index contributed by atoms with van der Waals surface area (Å²) in [6, 6.07) is 7.85. The zero-order chi connectivity index (χ0) is 17.7. The van der Waals surface area contributed by atoms with Crippen molar-refractivity contribution in [1.82, 2.24) is 19.9 Å². The number of anilines is 3. The molecule has 1 aromatic carbocycles. The summed E-state index contributed by atoms with van der Waals surface area (Å²) in [6.07, 6.45) is 0.269. The summed E-state index contributed by atoms with van der Waals surface area (Å²) in [5.74, 6) is 0.716. The second-order valence-corrected chi connectivity index (χ2v) is 5.86. The minimum absolute atomic E-state index is 0.0197. The van der Waals surface area contributed by atoms with E-state index in [-0.39, 0.29) is 24.3 Å². The standard InChI is InChI=1S/C16H23N7O/c1-10-5-4-6-12(7-10)19-16-21-14(20-15(18)22-16)9-23(3)11(2)8-13(17)24/h4-7,11H,8-9H2,1-3H3,(H2,17,24)(H3,18,19,20,21,22). The summed E-state index contributed by atoms with van der Waals surface area (Å²) in [6.45, 7) is 4.36. The van der Waals surface area contributed by atoms with Crippen molar-refractivity contribution in [2.75, 3.05) is 18.1 Å². The van der Waals surface area contributed by atoms with Crippen LogP contribution in [0.15, 0.2) is 24.3 Å². The van der Waals surface area contributed by atoms with E-state index >= 15 is 0 Å². The predicted octanol–water partition coefficient (Wildman–Crippen LogP) is 1.20. The van der Waals surface area contributed by atoms with Crippen molar-refractivity contribution in [2.24, 2.45) is 5.73 Å². The largest absolute Gasteiger partial charge is 0.370 e. The number of aromatic nitrogens is 3. The number of nitrogens with two attached hydrogens (primary N) is 2. The second-order valence-electron chi connectivity index (χ2n) is 5.86. The van der Waals surface area contributed by atoms with Gasteiger partial charge in [-0.05, 0) is 38.6 Å². The highest BCUT2D eigenvalue weighted by Gasteiger charge is 2.14. The van der Waals surface area contributed by atoms with Gasteiger partial charge in [-0.1, -0.05) is 12.1 Å². The van der Waals surface area contributed by atoms with Gasteiger partial charge in [-0.25, -0.2) is 0 Å². The minimum Gasteiger partial charge on any atom is -0.370 e. The van der Waals surface area contributed by atoms with Gasteiger partial charge in [-0.2, -0.15) is 15.0 Å². The molecule has 24 heavy (non-hydrogen) atoms. The molecule has 1 aromatic heterocycles. The van der Waals surface area contributed by atoms with Gasteiger partial charge in [-0.3, -0.25) is 9.69 Å². The number of rotatable bonds is 7. The lowest BCUT2D eigenvalue weighted by Crippen LogP contribution is -2.33. The molecule has 8 nitrogen and oxygen atoms in total. The van der Waals surface area contributed by atoms with Crippen molar-refractivity contribution in [2.45, 2.75) is 32.9 Å². The fraction of sp³-hybridized carbons (Fsp3) is 0.375. The van der Waals surface area contributed by atoms with Gasteiger partial charge < -0.3 is 16.8 Å². The quantitative estimate of drug-likeness (QED) is 0.697. The predicted molar refractivity (Wildman–Crippen MR) is 93.4 cm³/mol. The maximum atomic E-state index is 11.0. The summed E-state index contributed by atoms with van der Waals surface area (Å²) in [5.41, 5.74) is 13.0. The molecular weight excluding hydrogens is 306 g/mol. The second kappa shape index (κ2) is 7.69. The molecule has 1 heterocycles. The first-order valence-corrected chi connectivity index (χ1v) is 7.66. The summed E-state index contributed by atoms with van der Waals surface area (Å²) in [7, 11) is 1.88. The van der Waals surface area contributed by atoms with E-state index in [9.17, 15) is 4.79 Å². The molecule has 0 aliphatic rings. The van der Waals surface area contributed by atoms with Crippen LogP contribution in [0.2, 0.25) is 0 Å². The van der Waals surface area contributed by atoms with Crippen molar-refractivity contribution in [3.63, 3.8) is 0 Å². The highest BCUT2D eigenvalue weighted by atomic mass is 16.1. The lowest BCUT2D eigenvalue weighted by Gasteiger charge is -2.22. The third-order valence-electron chi connectivity index (χ3n) is 3.61. The van der Waals surface area contributed by atoms with E-state index in [1.807, 2.05) is 50.1 Å². The molecule has 0 aliphatic carbocycles. The molecule has 0 spiro atoms. The maximum Gasteiger partial charge on any atom is 0.232 e. The Kier molecular flexibility index (Phi) is 5.64. The van der Waals surface area contributed by atoms with Crippen molar-refractivity contribution in [3.8, 4) is 0 Å². The Bertz CT molecular complexity index is 719. The highest BCUT2D eigenvalue weighted by Crippen LogP contribution is 2.15. The Balaban J connectivity index is 2.12. The molecule has 128 valence electrons. The van der Waals surface area contributed by atoms with Gasteiger partial charge in [0.05, 0.1) is 6.54 Å². The van der Waals surface area contributed by atoms with E-state index in [2.05, 4.69) is 20.3 Å². The Hall–Kier alpha value is -2.74. The molecule has 0 saturated heterocycles. The molecule has 0 radical (unpaired) electrons. The number of hydrogen-bond donors (Lipinski definition) is 3. The SMILES string of the molecule is Cc1cccc(Nc2nc(N)nc(CN(C)C(C)CC(N)=O)n2)c1. The van der Waals surface area contributed by atoms with Crippen LogP contribution in [0.25, 0.3) is 0 Å². The first-order valence-electron chi connectivity index (χ1n) is 7.66. The Labute approximate surface area is 141 Å².